The maximum Gasteiger partial charge on any atom is 0.271 e. The van der Waals surface area contributed by atoms with Crippen LogP contribution in [0.2, 0.25) is 5.02 Å². The van der Waals surface area contributed by atoms with Gasteiger partial charge in [0.15, 0.2) is 6.61 Å². The van der Waals surface area contributed by atoms with Crippen LogP contribution in [0.5, 0.6) is 5.75 Å². The van der Waals surface area contributed by atoms with Crippen molar-refractivity contribution in [2.45, 2.75) is 12.5 Å². The highest BCUT2D eigenvalue weighted by Gasteiger charge is 2.15. The van der Waals surface area contributed by atoms with E-state index in [1.165, 1.54) is 23.9 Å². The number of thioether (sulfide) groups is 1. The van der Waals surface area contributed by atoms with Gasteiger partial charge >= 0.3 is 0 Å². The first-order valence-electron chi connectivity index (χ1n) is 6.41. The molecule has 0 unspecified atom stereocenters. The molecule has 0 aliphatic heterocycles. The molecular formula is C13H14ClN2O6S-. The minimum Gasteiger partial charge on any atom is -0.548 e. The van der Waals surface area contributed by atoms with Crippen LogP contribution in [0.25, 0.3) is 0 Å². The molecule has 0 bridgehead atoms. The van der Waals surface area contributed by atoms with E-state index < -0.39 is 29.4 Å². The van der Waals surface area contributed by atoms with Crippen molar-refractivity contribution in [3.05, 3.63) is 33.3 Å². The van der Waals surface area contributed by atoms with Crippen LogP contribution in [0.15, 0.2) is 18.2 Å². The molecule has 1 atom stereocenters. The summed E-state index contributed by atoms with van der Waals surface area (Å²) < 4.78 is 5.13. The highest BCUT2D eigenvalue weighted by molar-refractivity contribution is 7.98. The number of nitrogens with zero attached hydrogens (tertiary/aromatic N) is 1. The molecule has 0 saturated heterocycles. The minimum atomic E-state index is -1.37. The van der Waals surface area contributed by atoms with Gasteiger partial charge in [0.1, 0.15) is 5.75 Å². The van der Waals surface area contributed by atoms with Crippen LogP contribution in [-0.4, -0.2) is 41.5 Å². The number of ether oxygens (including phenoxy) is 1. The summed E-state index contributed by atoms with van der Waals surface area (Å²) in [6, 6.07) is 2.43. The fourth-order valence-electron chi connectivity index (χ4n) is 1.58. The highest BCUT2D eigenvalue weighted by atomic mass is 35.5. The van der Waals surface area contributed by atoms with Crippen LogP contribution in [0.3, 0.4) is 0 Å². The van der Waals surface area contributed by atoms with Crippen LogP contribution < -0.4 is 15.2 Å². The maximum absolute atomic E-state index is 11.7. The summed E-state index contributed by atoms with van der Waals surface area (Å²) in [5, 5.41) is 23.7. The normalized spacial score (nSPS) is 11.6. The average Bonchev–Trinajstić information content (AvgIpc) is 2.49. The molecule has 8 nitrogen and oxygen atoms in total. The summed E-state index contributed by atoms with van der Waals surface area (Å²) >= 11 is 7.26. The Morgan fingerprint density at radius 2 is 2.17 bits per heavy atom. The summed E-state index contributed by atoms with van der Waals surface area (Å²) in [4.78, 5) is 32.6. The first kappa shape index (κ1) is 19.0. The number of nitrogens with one attached hydrogen (secondary N) is 1. The number of non-ortho nitro benzene ring substituents is 1. The van der Waals surface area contributed by atoms with E-state index in [0.717, 1.165) is 6.07 Å². The Morgan fingerprint density at radius 3 is 2.70 bits per heavy atom. The standard InChI is InChI=1S/C13H15ClN2O6S/c1-23-5-4-10(13(18)19)15-12(17)7-22-11-3-2-8(16(20)21)6-9(11)14/h2-3,6,10H,4-5,7H2,1H3,(H,15,17)(H,18,19)/p-1/t10-/m1/s1. The first-order chi connectivity index (χ1) is 10.8. The van der Waals surface area contributed by atoms with Crippen molar-refractivity contribution in [3.8, 4) is 5.75 Å². The summed E-state index contributed by atoms with van der Waals surface area (Å²) in [7, 11) is 0. The number of benzene rings is 1. The molecule has 23 heavy (non-hydrogen) atoms. The van der Waals surface area contributed by atoms with Gasteiger partial charge in [-0.15, -0.1) is 0 Å². The van der Waals surface area contributed by atoms with Gasteiger partial charge in [-0.05, 0) is 24.5 Å². The third kappa shape index (κ3) is 6.33. The predicted molar refractivity (Wildman–Crippen MR) is 83.5 cm³/mol. The highest BCUT2D eigenvalue weighted by Crippen LogP contribution is 2.28. The summed E-state index contributed by atoms with van der Waals surface area (Å²) in [5.74, 6) is -1.40. The molecule has 0 aromatic heterocycles. The van der Waals surface area contributed by atoms with E-state index in [4.69, 9.17) is 16.3 Å². The molecule has 0 aliphatic carbocycles. The number of hydrogen-bond donors (Lipinski definition) is 1. The van der Waals surface area contributed by atoms with E-state index in [9.17, 15) is 24.8 Å². The van der Waals surface area contributed by atoms with Crippen LogP contribution >= 0.6 is 23.4 Å². The number of halogens is 1. The lowest BCUT2D eigenvalue weighted by molar-refractivity contribution is -0.384. The lowest BCUT2D eigenvalue weighted by atomic mass is 10.2. The number of nitro groups is 1. The predicted octanol–water partition coefficient (Wildman–Crippen LogP) is 0.615. The zero-order valence-corrected chi connectivity index (χ0v) is 13.7. The summed E-state index contributed by atoms with van der Waals surface area (Å²) in [6.45, 7) is -0.472. The topological polar surface area (TPSA) is 122 Å². The van der Waals surface area contributed by atoms with Crippen LogP contribution in [0.4, 0.5) is 5.69 Å². The second kappa shape index (κ2) is 9.21. The zero-order chi connectivity index (χ0) is 17.4. The Hall–Kier alpha value is -2.00. The van der Waals surface area contributed by atoms with E-state index in [2.05, 4.69) is 5.32 Å². The maximum atomic E-state index is 11.7. The Labute approximate surface area is 141 Å². The molecule has 1 rings (SSSR count). The third-order valence-electron chi connectivity index (χ3n) is 2.72. The van der Waals surface area contributed by atoms with Gasteiger partial charge in [-0.25, -0.2) is 0 Å². The van der Waals surface area contributed by atoms with Crippen molar-refractivity contribution in [2.24, 2.45) is 0 Å². The Bertz CT molecular complexity index is 598. The summed E-state index contributed by atoms with van der Waals surface area (Å²) in [6.07, 6.45) is 2.04. The molecule has 0 radical (unpaired) electrons. The lowest BCUT2D eigenvalue weighted by Gasteiger charge is -2.19. The third-order valence-corrected chi connectivity index (χ3v) is 3.65. The zero-order valence-electron chi connectivity index (χ0n) is 12.1. The van der Waals surface area contributed by atoms with E-state index in [-0.39, 0.29) is 22.9 Å². The van der Waals surface area contributed by atoms with Crippen molar-refractivity contribution < 1.29 is 24.4 Å². The minimum absolute atomic E-state index is 0.0224. The van der Waals surface area contributed by atoms with Gasteiger partial charge in [-0.3, -0.25) is 14.9 Å². The van der Waals surface area contributed by atoms with Gasteiger partial charge in [0, 0.05) is 12.1 Å². The molecule has 10 heteroatoms. The van der Waals surface area contributed by atoms with Crippen molar-refractivity contribution in [1.29, 1.82) is 0 Å². The molecule has 1 N–H and O–H groups in total. The number of rotatable bonds is 9. The molecule has 1 amide bonds. The number of carboxylic acids is 1. The molecule has 0 fully saturated rings. The number of nitro benzene ring substituents is 1. The van der Waals surface area contributed by atoms with Crippen LogP contribution in [-0.2, 0) is 9.59 Å². The molecule has 0 saturated carbocycles. The van der Waals surface area contributed by atoms with Gasteiger partial charge in [0.25, 0.3) is 11.6 Å². The number of amides is 1. The average molecular weight is 362 g/mol. The van der Waals surface area contributed by atoms with E-state index in [1.807, 2.05) is 6.26 Å². The first-order valence-corrected chi connectivity index (χ1v) is 8.18. The van der Waals surface area contributed by atoms with Gasteiger partial charge in [0.2, 0.25) is 0 Å². The van der Waals surface area contributed by atoms with E-state index >= 15 is 0 Å². The number of aliphatic carboxylic acids is 1. The van der Waals surface area contributed by atoms with Crippen molar-refractivity contribution in [1.82, 2.24) is 5.32 Å². The fourth-order valence-corrected chi connectivity index (χ4v) is 2.29. The van der Waals surface area contributed by atoms with Crippen molar-refractivity contribution in [2.75, 3.05) is 18.6 Å². The van der Waals surface area contributed by atoms with Crippen LogP contribution in [0.1, 0.15) is 6.42 Å². The van der Waals surface area contributed by atoms with Gasteiger partial charge in [-0.2, -0.15) is 11.8 Å². The Morgan fingerprint density at radius 1 is 1.48 bits per heavy atom. The van der Waals surface area contributed by atoms with Crippen LogP contribution in [0, 0.1) is 10.1 Å². The lowest BCUT2D eigenvalue weighted by Crippen LogP contribution is -2.49. The number of carbonyl (C=O) groups excluding carboxylic acids is 2. The number of hydrogen-bond acceptors (Lipinski definition) is 7. The second-order valence-electron chi connectivity index (χ2n) is 4.38. The second-order valence-corrected chi connectivity index (χ2v) is 5.77. The van der Waals surface area contributed by atoms with Crippen molar-refractivity contribution in [3.63, 3.8) is 0 Å². The number of carbonyl (C=O) groups is 2. The molecule has 0 aliphatic rings. The van der Waals surface area contributed by atoms with E-state index in [0.29, 0.717) is 5.75 Å². The van der Waals surface area contributed by atoms with Gasteiger partial charge in [0.05, 0.1) is 22.0 Å². The smallest absolute Gasteiger partial charge is 0.271 e. The Kier molecular flexibility index (Phi) is 7.63. The van der Waals surface area contributed by atoms with Gasteiger partial charge < -0.3 is 20.0 Å². The monoisotopic (exact) mass is 361 g/mol. The van der Waals surface area contributed by atoms with Crippen molar-refractivity contribution >= 4 is 40.9 Å². The molecule has 1 aromatic carbocycles. The quantitative estimate of drug-likeness (QED) is 0.505. The molecular weight excluding hydrogens is 348 g/mol. The Balaban J connectivity index is 2.58. The molecule has 0 heterocycles. The van der Waals surface area contributed by atoms with E-state index in [1.54, 1.807) is 0 Å². The molecule has 0 spiro atoms. The largest absolute Gasteiger partial charge is 0.548 e. The van der Waals surface area contributed by atoms with Gasteiger partial charge in [-0.1, -0.05) is 11.6 Å². The fraction of sp³-hybridized carbons (Fsp3) is 0.385. The molecule has 1 aromatic rings. The SMILES string of the molecule is CSCC[C@@H](NC(=O)COc1ccc([N+](=O)[O-])cc1Cl)C(=O)[O-]. The molecule has 126 valence electrons. The number of carboxylic acid groups (broad SMARTS) is 1. The summed E-state index contributed by atoms with van der Waals surface area (Å²) in [5.41, 5.74) is -0.208.